The number of halogens is 1. The number of anilines is 1. The smallest absolute Gasteiger partial charge is 0.259 e. The summed E-state index contributed by atoms with van der Waals surface area (Å²) in [4.78, 5) is 12.7. The van der Waals surface area contributed by atoms with Gasteiger partial charge in [0.1, 0.15) is 17.3 Å². The lowest BCUT2D eigenvalue weighted by atomic mass is 10.1. The fourth-order valence-electron chi connectivity index (χ4n) is 2.90. The molecule has 1 atom stereocenters. The molecule has 2 N–H and O–H groups in total. The van der Waals surface area contributed by atoms with Gasteiger partial charge in [-0.25, -0.2) is 17.5 Å². The van der Waals surface area contributed by atoms with Gasteiger partial charge < -0.3 is 19.5 Å². The molecule has 0 spiro atoms. The quantitative estimate of drug-likeness (QED) is 0.706. The summed E-state index contributed by atoms with van der Waals surface area (Å²) in [5.41, 5.74) is 0.236. The van der Waals surface area contributed by atoms with Gasteiger partial charge in [-0.2, -0.15) is 0 Å². The van der Waals surface area contributed by atoms with E-state index in [0.29, 0.717) is 19.6 Å². The van der Waals surface area contributed by atoms with Gasteiger partial charge in [0.15, 0.2) is 0 Å². The highest BCUT2D eigenvalue weighted by atomic mass is 32.2. The number of rotatable bonds is 7. The number of amides is 1. The fraction of sp³-hybridized carbons (Fsp3) is 0.316. The van der Waals surface area contributed by atoms with E-state index >= 15 is 0 Å². The first kappa shape index (κ1) is 21.0. The summed E-state index contributed by atoms with van der Waals surface area (Å²) in [7, 11) is -1.14. The zero-order valence-electron chi connectivity index (χ0n) is 15.9. The minimum Gasteiger partial charge on any atom is -0.496 e. The van der Waals surface area contributed by atoms with E-state index in [2.05, 4.69) is 10.0 Å². The molecule has 0 saturated carbocycles. The summed E-state index contributed by atoms with van der Waals surface area (Å²) in [6, 6.07) is 7.31. The van der Waals surface area contributed by atoms with Crippen LogP contribution in [-0.2, 0) is 14.8 Å². The van der Waals surface area contributed by atoms with Gasteiger partial charge in [-0.05, 0) is 36.8 Å². The first-order chi connectivity index (χ1) is 13.8. The molecule has 2 aromatic carbocycles. The summed E-state index contributed by atoms with van der Waals surface area (Å²) < 4.78 is 56.7. The lowest BCUT2D eigenvalue weighted by molar-refractivity contribution is 0.102. The molecule has 0 unspecified atom stereocenters. The van der Waals surface area contributed by atoms with Crippen LogP contribution < -0.4 is 19.5 Å². The van der Waals surface area contributed by atoms with Crippen LogP contribution in [0.15, 0.2) is 41.3 Å². The molecule has 1 saturated heterocycles. The molecule has 0 bridgehead atoms. The van der Waals surface area contributed by atoms with E-state index in [-0.39, 0.29) is 33.7 Å². The van der Waals surface area contributed by atoms with Crippen LogP contribution in [0, 0.1) is 5.82 Å². The van der Waals surface area contributed by atoms with Crippen molar-refractivity contribution in [3.05, 3.63) is 47.8 Å². The maximum Gasteiger partial charge on any atom is 0.259 e. The zero-order chi connectivity index (χ0) is 21.0. The Balaban J connectivity index is 1.89. The van der Waals surface area contributed by atoms with Crippen LogP contribution in [0.2, 0.25) is 0 Å². The molecule has 156 valence electrons. The lowest BCUT2D eigenvalue weighted by Gasteiger charge is -2.15. The molecule has 0 radical (unpaired) electrons. The van der Waals surface area contributed by atoms with Crippen LogP contribution in [0.3, 0.4) is 0 Å². The molecule has 8 nitrogen and oxygen atoms in total. The number of nitrogens with one attached hydrogen (secondary N) is 2. The van der Waals surface area contributed by atoms with Crippen molar-refractivity contribution in [1.82, 2.24) is 4.72 Å². The summed E-state index contributed by atoms with van der Waals surface area (Å²) in [6.45, 7) is 0.788. The van der Waals surface area contributed by atoms with Crippen molar-refractivity contribution in [3.8, 4) is 11.5 Å². The molecule has 1 aliphatic rings. The monoisotopic (exact) mass is 424 g/mol. The third-order valence-electron chi connectivity index (χ3n) is 4.39. The maximum absolute atomic E-state index is 13.4. The second-order valence-electron chi connectivity index (χ2n) is 6.34. The summed E-state index contributed by atoms with van der Waals surface area (Å²) in [5, 5.41) is 2.59. The first-order valence-electron chi connectivity index (χ1n) is 8.77. The maximum atomic E-state index is 13.4. The van der Waals surface area contributed by atoms with Gasteiger partial charge >= 0.3 is 0 Å². The largest absolute Gasteiger partial charge is 0.496 e. The van der Waals surface area contributed by atoms with Gasteiger partial charge in [-0.1, -0.05) is 0 Å². The van der Waals surface area contributed by atoms with Crippen LogP contribution in [-0.4, -0.2) is 47.8 Å². The Labute approximate surface area is 168 Å². The number of carbonyl (C=O) groups is 1. The number of carbonyl (C=O) groups excluding carboxylic acids is 1. The lowest BCUT2D eigenvalue weighted by Crippen LogP contribution is -2.35. The molecule has 2 aromatic rings. The Morgan fingerprint density at radius 2 is 1.90 bits per heavy atom. The van der Waals surface area contributed by atoms with Gasteiger partial charge in [0, 0.05) is 18.7 Å². The van der Waals surface area contributed by atoms with E-state index in [9.17, 15) is 17.6 Å². The van der Waals surface area contributed by atoms with Crippen LogP contribution in [0.4, 0.5) is 10.1 Å². The highest BCUT2D eigenvalue weighted by Crippen LogP contribution is 2.28. The van der Waals surface area contributed by atoms with E-state index in [0.717, 1.165) is 6.07 Å². The van der Waals surface area contributed by atoms with Crippen molar-refractivity contribution in [1.29, 1.82) is 0 Å². The summed E-state index contributed by atoms with van der Waals surface area (Å²) in [6.07, 6.45) is 0.576. The molecule has 0 aromatic heterocycles. The highest BCUT2D eigenvalue weighted by Gasteiger charge is 2.25. The molecule has 0 aliphatic carbocycles. The van der Waals surface area contributed by atoms with Crippen molar-refractivity contribution >= 4 is 21.6 Å². The Bertz CT molecular complexity index is 1010. The van der Waals surface area contributed by atoms with E-state index in [1.807, 2.05) is 0 Å². The van der Waals surface area contributed by atoms with Crippen LogP contribution in [0.25, 0.3) is 0 Å². The Kier molecular flexibility index (Phi) is 6.36. The Hall–Kier alpha value is -2.69. The predicted molar refractivity (Wildman–Crippen MR) is 103 cm³/mol. The molecule has 1 fully saturated rings. The fourth-order valence-corrected chi connectivity index (χ4v) is 4.19. The van der Waals surface area contributed by atoms with Crippen LogP contribution in [0.1, 0.15) is 16.8 Å². The summed E-state index contributed by atoms with van der Waals surface area (Å²) >= 11 is 0. The average molecular weight is 424 g/mol. The predicted octanol–water partition coefficient (Wildman–Crippen LogP) is 2.16. The SMILES string of the molecule is COc1cc(F)ccc1NC(=O)c1cc(S(=O)(=O)N[C@H]2CCOC2)ccc1OC. The van der Waals surface area contributed by atoms with Gasteiger partial charge in [0.2, 0.25) is 10.0 Å². The minimum atomic E-state index is -3.86. The zero-order valence-corrected chi connectivity index (χ0v) is 16.7. The van der Waals surface area contributed by atoms with Gasteiger partial charge in [0.05, 0.1) is 37.0 Å². The number of methoxy groups -OCH3 is 2. The van der Waals surface area contributed by atoms with E-state index in [1.54, 1.807) is 0 Å². The molecule has 10 heteroatoms. The van der Waals surface area contributed by atoms with Crippen LogP contribution >= 0.6 is 0 Å². The molecule has 1 aliphatic heterocycles. The number of sulfonamides is 1. The first-order valence-corrected chi connectivity index (χ1v) is 10.3. The molecular weight excluding hydrogens is 403 g/mol. The molecule has 29 heavy (non-hydrogen) atoms. The van der Waals surface area contributed by atoms with Crippen molar-refractivity contribution in [2.75, 3.05) is 32.8 Å². The number of hydrogen-bond acceptors (Lipinski definition) is 6. The van der Waals surface area contributed by atoms with Crippen molar-refractivity contribution in [2.45, 2.75) is 17.4 Å². The van der Waals surface area contributed by atoms with Crippen molar-refractivity contribution < 1.29 is 31.8 Å². The third kappa shape index (κ3) is 4.84. The number of hydrogen-bond donors (Lipinski definition) is 2. The van der Waals surface area contributed by atoms with Gasteiger partial charge in [-0.15, -0.1) is 0 Å². The standard InChI is InChI=1S/C19H21FN2O6S/c1-26-17-6-4-14(29(24,25)22-13-7-8-28-11-13)10-15(17)19(23)21-16-5-3-12(20)9-18(16)27-2/h3-6,9-10,13,22H,7-8,11H2,1-2H3,(H,21,23)/t13-/m0/s1. The Morgan fingerprint density at radius 1 is 1.14 bits per heavy atom. The second kappa shape index (κ2) is 8.76. The van der Waals surface area contributed by atoms with Crippen LogP contribution in [0.5, 0.6) is 11.5 Å². The van der Waals surface area contributed by atoms with Crippen molar-refractivity contribution in [2.24, 2.45) is 0 Å². The molecule has 1 amide bonds. The van der Waals surface area contributed by atoms with Gasteiger partial charge in [0.25, 0.3) is 5.91 Å². The highest BCUT2D eigenvalue weighted by molar-refractivity contribution is 7.89. The van der Waals surface area contributed by atoms with E-state index < -0.39 is 21.7 Å². The van der Waals surface area contributed by atoms with E-state index in [1.165, 1.54) is 44.6 Å². The molecule has 1 heterocycles. The topological polar surface area (TPSA) is 103 Å². The average Bonchev–Trinajstić information content (AvgIpc) is 3.20. The van der Waals surface area contributed by atoms with Crippen molar-refractivity contribution in [3.63, 3.8) is 0 Å². The normalized spacial score (nSPS) is 16.4. The Morgan fingerprint density at radius 3 is 2.55 bits per heavy atom. The third-order valence-corrected chi connectivity index (χ3v) is 5.91. The van der Waals surface area contributed by atoms with Gasteiger partial charge in [-0.3, -0.25) is 4.79 Å². The van der Waals surface area contributed by atoms with E-state index in [4.69, 9.17) is 14.2 Å². The summed E-state index contributed by atoms with van der Waals surface area (Å²) in [5.74, 6) is -0.837. The number of benzene rings is 2. The molecule has 3 rings (SSSR count). The minimum absolute atomic E-state index is 0.00410. The second-order valence-corrected chi connectivity index (χ2v) is 8.06. The number of ether oxygens (including phenoxy) is 3. The molecular formula is C19H21FN2O6S.